The molecule has 7 nitrogen and oxygen atoms in total. The van der Waals surface area contributed by atoms with Gasteiger partial charge in [-0.15, -0.1) is 5.10 Å². The number of nitrogens with one attached hydrogen (secondary N) is 1. The van der Waals surface area contributed by atoms with Crippen molar-refractivity contribution in [1.82, 2.24) is 24.4 Å². The molecule has 2 aromatic rings. The molecule has 23 heavy (non-hydrogen) atoms. The number of nitrogens with zero attached hydrogens (tertiary/aromatic N) is 4. The van der Waals surface area contributed by atoms with Crippen LogP contribution in [-0.4, -0.2) is 50.2 Å². The molecule has 0 aromatic carbocycles. The van der Waals surface area contributed by atoms with Crippen LogP contribution in [0.1, 0.15) is 25.7 Å². The van der Waals surface area contributed by atoms with Crippen molar-refractivity contribution in [2.24, 2.45) is 0 Å². The van der Waals surface area contributed by atoms with Gasteiger partial charge in [-0.2, -0.15) is 0 Å². The second-order valence-electron chi connectivity index (χ2n) is 6.45. The fourth-order valence-corrected chi connectivity index (χ4v) is 3.64. The highest BCUT2D eigenvalue weighted by molar-refractivity contribution is 5.76. The Balaban J connectivity index is 1.42. The Hall–Kier alpha value is -2.15. The number of aryl methyl sites for hydroxylation is 1. The number of amides is 1. The molecular formula is C16H21N5O2. The number of rotatable bonds is 3. The zero-order chi connectivity index (χ0) is 15.8. The molecule has 7 heteroatoms. The van der Waals surface area contributed by atoms with E-state index in [1.54, 1.807) is 18.3 Å². The number of carbonyl (C=O) groups excluding carboxylic acids is 1. The SMILES string of the molecule is O=C(CCn1nc2ccccn2c1=O)N1CCC2CCC(C1)N2. The highest BCUT2D eigenvalue weighted by Gasteiger charge is 2.30. The van der Waals surface area contributed by atoms with E-state index in [1.165, 1.54) is 15.5 Å². The monoisotopic (exact) mass is 315 g/mol. The van der Waals surface area contributed by atoms with Crippen LogP contribution in [0.25, 0.3) is 5.65 Å². The van der Waals surface area contributed by atoms with Crippen molar-refractivity contribution in [3.8, 4) is 0 Å². The van der Waals surface area contributed by atoms with Crippen LogP contribution in [0.2, 0.25) is 0 Å². The zero-order valence-electron chi connectivity index (χ0n) is 13.0. The fourth-order valence-electron chi connectivity index (χ4n) is 3.64. The van der Waals surface area contributed by atoms with Crippen molar-refractivity contribution in [1.29, 1.82) is 0 Å². The summed E-state index contributed by atoms with van der Waals surface area (Å²) < 4.78 is 2.88. The highest BCUT2D eigenvalue weighted by atomic mass is 16.2. The Morgan fingerprint density at radius 1 is 1.26 bits per heavy atom. The molecule has 4 rings (SSSR count). The van der Waals surface area contributed by atoms with Gasteiger partial charge in [0.1, 0.15) is 0 Å². The zero-order valence-corrected chi connectivity index (χ0v) is 13.0. The maximum Gasteiger partial charge on any atom is 0.350 e. The number of hydrogen-bond acceptors (Lipinski definition) is 4. The predicted molar refractivity (Wildman–Crippen MR) is 85.2 cm³/mol. The van der Waals surface area contributed by atoms with E-state index in [0.717, 1.165) is 25.9 Å². The van der Waals surface area contributed by atoms with Gasteiger partial charge >= 0.3 is 5.69 Å². The number of likely N-dealkylation sites (tertiary alicyclic amines) is 1. The summed E-state index contributed by atoms with van der Waals surface area (Å²) in [5.74, 6) is 0.114. The molecular weight excluding hydrogens is 294 g/mol. The van der Waals surface area contributed by atoms with Crippen LogP contribution in [0, 0.1) is 0 Å². The molecule has 122 valence electrons. The molecule has 0 saturated carbocycles. The van der Waals surface area contributed by atoms with Gasteiger partial charge < -0.3 is 10.2 Å². The van der Waals surface area contributed by atoms with E-state index < -0.39 is 0 Å². The summed E-state index contributed by atoms with van der Waals surface area (Å²) in [7, 11) is 0. The summed E-state index contributed by atoms with van der Waals surface area (Å²) in [5.41, 5.74) is 0.422. The Morgan fingerprint density at radius 2 is 2.13 bits per heavy atom. The van der Waals surface area contributed by atoms with Crippen molar-refractivity contribution < 1.29 is 4.79 Å². The maximum absolute atomic E-state index is 12.5. The summed E-state index contributed by atoms with van der Waals surface area (Å²) in [6.07, 6.45) is 5.42. The van der Waals surface area contributed by atoms with Crippen molar-refractivity contribution in [3.05, 3.63) is 34.9 Å². The van der Waals surface area contributed by atoms with Crippen LogP contribution in [0.3, 0.4) is 0 Å². The minimum Gasteiger partial charge on any atom is -0.341 e. The third-order valence-corrected chi connectivity index (χ3v) is 4.90. The lowest BCUT2D eigenvalue weighted by Gasteiger charge is -2.24. The average Bonchev–Trinajstić information content (AvgIpc) is 3.05. The van der Waals surface area contributed by atoms with Crippen LogP contribution < -0.4 is 11.0 Å². The first-order valence-electron chi connectivity index (χ1n) is 8.29. The maximum atomic E-state index is 12.5. The lowest BCUT2D eigenvalue weighted by Crippen LogP contribution is -2.39. The topological polar surface area (TPSA) is 71.6 Å². The highest BCUT2D eigenvalue weighted by Crippen LogP contribution is 2.20. The van der Waals surface area contributed by atoms with Gasteiger partial charge in [-0.3, -0.25) is 9.20 Å². The van der Waals surface area contributed by atoms with Gasteiger partial charge in [0.05, 0.1) is 6.54 Å². The minimum absolute atomic E-state index is 0.114. The number of pyridine rings is 1. The lowest BCUT2D eigenvalue weighted by molar-refractivity contribution is -0.131. The lowest BCUT2D eigenvalue weighted by atomic mass is 10.1. The molecule has 2 aliphatic rings. The van der Waals surface area contributed by atoms with Crippen LogP contribution in [-0.2, 0) is 11.3 Å². The van der Waals surface area contributed by atoms with Gasteiger partial charge in [0.2, 0.25) is 5.91 Å². The Kier molecular flexibility index (Phi) is 3.65. The largest absolute Gasteiger partial charge is 0.350 e. The fraction of sp³-hybridized carbons (Fsp3) is 0.562. The Bertz CT molecular complexity index is 780. The molecule has 2 saturated heterocycles. The van der Waals surface area contributed by atoms with E-state index in [-0.39, 0.29) is 11.6 Å². The summed E-state index contributed by atoms with van der Waals surface area (Å²) in [6.45, 7) is 1.93. The van der Waals surface area contributed by atoms with Crippen molar-refractivity contribution in [2.45, 2.75) is 44.3 Å². The quantitative estimate of drug-likeness (QED) is 0.881. The van der Waals surface area contributed by atoms with Gasteiger partial charge in [-0.05, 0) is 31.4 Å². The number of carbonyl (C=O) groups is 1. The molecule has 0 aliphatic carbocycles. The van der Waals surface area contributed by atoms with Crippen molar-refractivity contribution in [3.63, 3.8) is 0 Å². The van der Waals surface area contributed by atoms with Crippen LogP contribution in [0.4, 0.5) is 0 Å². The third-order valence-electron chi connectivity index (χ3n) is 4.90. The Labute approximate surface area is 133 Å². The smallest absolute Gasteiger partial charge is 0.341 e. The van der Waals surface area contributed by atoms with E-state index >= 15 is 0 Å². The second-order valence-corrected chi connectivity index (χ2v) is 6.45. The first kappa shape index (κ1) is 14.4. The van der Waals surface area contributed by atoms with E-state index in [0.29, 0.717) is 30.7 Å². The average molecular weight is 315 g/mol. The first-order valence-corrected chi connectivity index (χ1v) is 8.29. The second kappa shape index (κ2) is 5.81. The molecule has 2 bridgehead atoms. The Morgan fingerprint density at radius 3 is 3.00 bits per heavy atom. The summed E-state index contributed by atoms with van der Waals surface area (Å²) >= 11 is 0. The van der Waals surface area contributed by atoms with E-state index in [2.05, 4.69) is 10.4 Å². The molecule has 2 aliphatic heterocycles. The van der Waals surface area contributed by atoms with Crippen LogP contribution in [0.5, 0.6) is 0 Å². The van der Waals surface area contributed by atoms with Gasteiger partial charge in [-0.1, -0.05) is 6.07 Å². The van der Waals surface area contributed by atoms with Crippen LogP contribution in [0.15, 0.2) is 29.2 Å². The molecule has 4 heterocycles. The van der Waals surface area contributed by atoms with Gasteiger partial charge in [0.15, 0.2) is 5.65 Å². The summed E-state index contributed by atoms with van der Waals surface area (Å²) in [6, 6.07) is 6.43. The van der Waals surface area contributed by atoms with E-state index in [4.69, 9.17) is 0 Å². The number of fused-ring (bicyclic) bond motifs is 3. The molecule has 1 amide bonds. The van der Waals surface area contributed by atoms with Crippen molar-refractivity contribution >= 4 is 11.6 Å². The van der Waals surface area contributed by atoms with Gasteiger partial charge in [0, 0.05) is 37.8 Å². The first-order chi connectivity index (χ1) is 11.2. The minimum atomic E-state index is -0.190. The summed E-state index contributed by atoms with van der Waals surface area (Å²) in [5, 5.41) is 7.84. The van der Waals surface area contributed by atoms with Gasteiger partial charge in [0.25, 0.3) is 0 Å². The molecule has 0 radical (unpaired) electrons. The van der Waals surface area contributed by atoms with Crippen molar-refractivity contribution in [2.75, 3.05) is 13.1 Å². The number of aromatic nitrogens is 3. The van der Waals surface area contributed by atoms with Crippen LogP contribution >= 0.6 is 0 Å². The third kappa shape index (κ3) is 2.76. The number of hydrogen-bond donors (Lipinski definition) is 1. The summed E-state index contributed by atoms with van der Waals surface area (Å²) in [4.78, 5) is 26.6. The molecule has 2 unspecified atom stereocenters. The van der Waals surface area contributed by atoms with Gasteiger partial charge in [-0.25, -0.2) is 9.48 Å². The predicted octanol–water partition coefficient (Wildman–Crippen LogP) is 0.239. The van der Waals surface area contributed by atoms with E-state index in [9.17, 15) is 9.59 Å². The molecule has 2 aromatic heterocycles. The molecule has 1 N–H and O–H groups in total. The standard InChI is InChI=1S/C16H21N5O2/c22-15(19-9-6-12-4-5-13(11-19)17-12)7-10-21-16(23)20-8-2-1-3-14(20)18-21/h1-3,8,12-13,17H,4-7,9-11H2. The molecule has 0 spiro atoms. The van der Waals surface area contributed by atoms with E-state index in [1.807, 2.05) is 11.0 Å². The molecule has 2 fully saturated rings. The normalized spacial score (nSPS) is 24.1. The molecule has 2 atom stereocenters.